The molecule has 1 heterocycles. The van der Waals surface area contributed by atoms with Crippen LogP contribution in [0.25, 0.3) is 0 Å². The van der Waals surface area contributed by atoms with Gasteiger partial charge in [-0.05, 0) is 24.1 Å². The van der Waals surface area contributed by atoms with E-state index < -0.39 is 0 Å². The minimum absolute atomic E-state index is 0.781. The number of aromatic nitrogens is 2. The summed E-state index contributed by atoms with van der Waals surface area (Å²) in [7, 11) is 1.91. The smallest absolute Gasteiger partial charge is 0.0726 e. The van der Waals surface area contributed by atoms with Crippen molar-refractivity contribution < 1.29 is 0 Å². The summed E-state index contributed by atoms with van der Waals surface area (Å²) >= 11 is 5.82. The van der Waals surface area contributed by atoms with Gasteiger partial charge in [-0.2, -0.15) is 5.10 Å². The summed E-state index contributed by atoms with van der Waals surface area (Å²) in [5.41, 5.74) is 2.33. The van der Waals surface area contributed by atoms with Gasteiger partial charge in [0.2, 0.25) is 0 Å². The highest BCUT2D eigenvalue weighted by atomic mass is 35.5. The Bertz CT molecular complexity index is 448. The largest absolute Gasteiger partial charge is 0.382 e. The maximum Gasteiger partial charge on any atom is 0.0726 e. The molecule has 0 aliphatic heterocycles. The Morgan fingerprint density at radius 1 is 1.31 bits per heavy atom. The fourth-order valence-corrected chi connectivity index (χ4v) is 1.64. The van der Waals surface area contributed by atoms with Crippen LogP contribution >= 0.6 is 11.6 Å². The molecular weight excluding hydrogens is 222 g/mol. The van der Waals surface area contributed by atoms with Gasteiger partial charge in [-0.25, -0.2) is 0 Å². The molecule has 0 saturated carbocycles. The Kier molecular flexibility index (Phi) is 3.47. The number of rotatable bonds is 4. The van der Waals surface area contributed by atoms with E-state index in [2.05, 4.69) is 10.4 Å². The van der Waals surface area contributed by atoms with Crippen molar-refractivity contribution in [3.63, 3.8) is 0 Å². The molecule has 3 nitrogen and oxygen atoms in total. The lowest BCUT2D eigenvalue weighted by molar-refractivity contribution is 0.768. The normalized spacial score (nSPS) is 10.4. The van der Waals surface area contributed by atoms with Crippen LogP contribution in [0.2, 0.25) is 5.02 Å². The highest BCUT2D eigenvalue weighted by Gasteiger charge is 1.96. The van der Waals surface area contributed by atoms with Crippen LogP contribution in [-0.4, -0.2) is 16.3 Å². The van der Waals surface area contributed by atoms with E-state index in [9.17, 15) is 0 Å². The van der Waals surface area contributed by atoms with Crippen LogP contribution in [0.3, 0.4) is 0 Å². The van der Waals surface area contributed by atoms with E-state index in [0.717, 1.165) is 23.7 Å². The molecule has 84 valence electrons. The van der Waals surface area contributed by atoms with Crippen LogP contribution in [0.1, 0.15) is 5.56 Å². The topological polar surface area (TPSA) is 29.9 Å². The van der Waals surface area contributed by atoms with Gasteiger partial charge < -0.3 is 5.32 Å². The van der Waals surface area contributed by atoms with Crippen LogP contribution < -0.4 is 5.32 Å². The number of anilines is 1. The molecule has 1 aromatic heterocycles. The Morgan fingerprint density at radius 3 is 2.69 bits per heavy atom. The zero-order valence-electron chi connectivity index (χ0n) is 9.15. The fraction of sp³-hybridized carbons (Fsp3) is 0.250. The molecule has 0 radical (unpaired) electrons. The molecule has 1 N–H and O–H groups in total. The molecule has 0 bridgehead atoms. The fourth-order valence-electron chi connectivity index (χ4n) is 1.51. The van der Waals surface area contributed by atoms with Crippen molar-refractivity contribution in [1.29, 1.82) is 0 Å². The molecule has 0 spiro atoms. The first-order valence-electron chi connectivity index (χ1n) is 5.21. The predicted molar refractivity (Wildman–Crippen MR) is 66.9 cm³/mol. The van der Waals surface area contributed by atoms with Crippen molar-refractivity contribution in [1.82, 2.24) is 9.78 Å². The first kappa shape index (κ1) is 11.0. The van der Waals surface area contributed by atoms with Gasteiger partial charge >= 0.3 is 0 Å². The van der Waals surface area contributed by atoms with Crippen molar-refractivity contribution in [2.45, 2.75) is 6.42 Å². The molecule has 0 saturated heterocycles. The molecular formula is C12H14ClN3. The van der Waals surface area contributed by atoms with Crippen LogP contribution in [0.15, 0.2) is 36.7 Å². The number of hydrogen-bond acceptors (Lipinski definition) is 2. The Morgan fingerprint density at radius 2 is 2.06 bits per heavy atom. The average molecular weight is 236 g/mol. The number of nitrogens with zero attached hydrogens (tertiary/aromatic N) is 2. The summed E-state index contributed by atoms with van der Waals surface area (Å²) in [6.07, 6.45) is 4.76. The lowest BCUT2D eigenvalue weighted by Crippen LogP contribution is -2.03. The number of halogens is 1. The standard InChI is InChI=1S/C12H14ClN3/c1-16-9-12(8-15-16)14-7-6-10-2-4-11(13)5-3-10/h2-5,8-9,14H,6-7H2,1H3. The summed E-state index contributed by atoms with van der Waals surface area (Å²) in [4.78, 5) is 0. The highest BCUT2D eigenvalue weighted by Crippen LogP contribution is 2.10. The number of aryl methyl sites for hydroxylation is 1. The van der Waals surface area contributed by atoms with Crippen molar-refractivity contribution in [2.24, 2.45) is 7.05 Å². The lowest BCUT2D eigenvalue weighted by atomic mass is 10.1. The van der Waals surface area contributed by atoms with Crippen LogP contribution in [0.4, 0.5) is 5.69 Å². The highest BCUT2D eigenvalue weighted by molar-refractivity contribution is 6.30. The first-order valence-corrected chi connectivity index (χ1v) is 5.59. The van der Waals surface area contributed by atoms with Gasteiger partial charge in [0.15, 0.2) is 0 Å². The Hall–Kier alpha value is -1.48. The van der Waals surface area contributed by atoms with E-state index in [4.69, 9.17) is 11.6 Å². The summed E-state index contributed by atoms with van der Waals surface area (Å²) in [6, 6.07) is 7.93. The van der Waals surface area contributed by atoms with Crippen LogP contribution in [-0.2, 0) is 13.5 Å². The third-order valence-electron chi connectivity index (χ3n) is 2.36. The molecule has 2 rings (SSSR count). The summed E-state index contributed by atoms with van der Waals surface area (Å²) < 4.78 is 1.78. The second-order valence-electron chi connectivity index (χ2n) is 3.71. The molecule has 1 aromatic carbocycles. The third kappa shape index (κ3) is 3.00. The second-order valence-corrected chi connectivity index (χ2v) is 4.14. The van der Waals surface area contributed by atoms with E-state index in [1.807, 2.05) is 43.7 Å². The Labute approximate surface area is 100 Å². The molecule has 0 amide bonds. The van der Waals surface area contributed by atoms with Gasteiger partial charge in [0.25, 0.3) is 0 Å². The zero-order chi connectivity index (χ0) is 11.4. The van der Waals surface area contributed by atoms with Gasteiger partial charge in [-0.1, -0.05) is 23.7 Å². The summed E-state index contributed by atoms with van der Waals surface area (Å²) in [5.74, 6) is 0. The molecule has 0 aliphatic rings. The van der Waals surface area contributed by atoms with Crippen LogP contribution in [0.5, 0.6) is 0 Å². The molecule has 0 unspecified atom stereocenters. The quantitative estimate of drug-likeness (QED) is 0.883. The molecule has 2 aromatic rings. The molecule has 0 atom stereocenters. The van der Waals surface area contributed by atoms with Gasteiger partial charge in [0.1, 0.15) is 0 Å². The van der Waals surface area contributed by atoms with E-state index >= 15 is 0 Å². The van der Waals surface area contributed by atoms with Crippen molar-refractivity contribution >= 4 is 17.3 Å². The average Bonchev–Trinajstić information content (AvgIpc) is 2.67. The predicted octanol–water partition coefficient (Wildman–Crippen LogP) is 2.73. The monoisotopic (exact) mass is 235 g/mol. The lowest BCUT2D eigenvalue weighted by Gasteiger charge is -2.03. The van der Waals surface area contributed by atoms with Crippen LogP contribution in [0, 0.1) is 0 Å². The SMILES string of the molecule is Cn1cc(NCCc2ccc(Cl)cc2)cn1. The third-order valence-corrected chi connectivity index (χ3v) is 2.61. The maximum atomic E-state index is 5.82. The number of nitrogens with one attached hydrogen (secondary N) is 1. The van der Waals surface area contributed by atoms with E-state index in [0.29, 0.717) is 0 Å². The molecule has 16 heavy (non-hydrogen) atoms. The minimum atomic E-state index is 0.781. The number of benzene rings is 1. The van der Waals surface area contributed by atoms with Gasteiger partial charge in [0, 0.05) is 24.8 Å². The van der Waals surface area contributed by atoms with Gasteiger partial charge in [-0.15, -0.1) is 0 Å². The van der Waals surface area contributed by atoms with Gasteiger partial charge in [-0.3, -0.25) is 4.68 Å². The van der Waals surface area contributed by atoms with Crippen molar-refractivity contribution in [2.75, 3.05) is 11.9 Å². The van der Waals surface area contributed by atoms with Crippen molar-refractivity contribution in [3.05, 3.63) is 47.2 Å². The number of hydrogen-bond donors (Lipinski definition) is 1. The van der Waals surface area contributed by atoms with E-state index in [1.165, 1.54) is 5.56 Å². The summed E-state index contributed by atoms with van der Waals surface area (Å²) in [5, 5.41) is 8.18. The Balaban J connectivity index is 1.82. The molecule has 0 fully saturated rings. The first-order chi connectivity index (χ1) is 7.74. The summed E-state index contributed by atoms with van der Waals surface area (Å²) in [6.45, 7) is 0.896. The van der Waals surface area contributed by atoms with Crippen molar-refractivity contribution in [3.8, 4) is 0 Å². The van der Waals surface area contributed by atoms with E-state index in [-0.39, 0.29) is 0 Å². The minimum Gasteiger partial charge on any atom is -0.382 e. The maximum absolute atomic E-state index is 5.82. The molecule has 0 aliphatic carbocycles. The second kappa shape index (κ2) is 5.03. The van der Waals surface area contributed by atoms with Gasteiger partial charge in [0.05, 0.1) is 11.9 Å². The zero-order valence-corrected chi connectivity index (χ0v) is 9.91. The van der Waals surface area contributed by atoms with E-state index in [1.54, 1.807) is 4.68 Å². The molecule has 4 heteroatoms.